The van der Waals surface area contributed by atoms with Crippen molar-refractivity contribution in [3.8, 4) is 0 Å². The normalized spacial score (nSPS) is 19.4. The molecule has 1 atom stereocenters. The number of rotatable bonds is 5. The van der Waals surface area contributed by atoms with E-state index in [1.807, 2.05) is 25.1 Å². The van der Waals surface area contributed by atoms with Crippen LogP contribution in [0.25, 0.3) is 0 Å². The summed E-state index contributed by atoms with van der Waals surface area (Å²) in [6.07, 6.45) is 1.16. The van der Waals surface area contributed by atoms with Crippen molar-refractivity contribution in [2.75, 3.05) is 6.54 Å². The molecule has 5 nitrogen and oxygen atoms in total. The van der Waals surface area contributed by atoms with Crippen LogP contribution in [0.1, 0.15) is 24.0 Å². The molecular formula is C13H18N2O3S. The van der Waals surface area contributed by atoms with Crippen LogP contribution in [-0.4, -0.2) is 26.9 Å². The van der Waals surface area contributed by atoms with E-state index >= 15 is 0 Å². The molecule has 0 radical (unpaired) electrons. The number of sulfonamides is 1. The molecule has 1 aromatic carbocycles. The molecule has 0 bridgehead atoms. The van der Waals surface area contributed by atoms with Crippen LogP contribution < -0.4 is 10.0 Å². The monoisotopic (exact) mass is 282 g/mol. The van der Waals surface area contributed by atoms with Gasteiger partial charge in [0.15, 0.2) is 0 Å². The second-order valence-electron chi connectivity index (χ2n) is 4.90. The minimum atomic E-state index is -3.36. The highest BCUT2D eigenvalue weighted by Crippen LogP contribution is 2.09. The fourth-order valence-corrected chi connectivity index (χ4v) is 3.31. The summed E-state index contributed by atoms with van der Waals surface area (Å²) in [4.78, 5) is 11.0. The highest BCUT2D eigenvalue weighted by molar-refractivity contribution is 7.88. The van der Waals surface area contributed by atoms with Crippen LogP contribution in [0.5, 0.6) is 0 Å². The fourth-order valence-electron chi connectivity index (χ4n) is 2.13. The van der Waals surface area contributed by atoms with Crippen molar-refractivity contribution in [3.63, 3.8) is 0 Å². The van der Waals surface area contributed by atoms with Crippen LogP contribution in [0.3, 0.4) is 0 Å². The third-order valence-corrected chi connectivity index (χ3v) is 4.39. The summed E-state index contributed by atoms with van der Waals surface area (Å²) >= 11 is 0. The summed E-state index contributed by atoms with van der Waals surface area (Å²) in [5.41, 5.74) is 1.80. The third-order valence-electron chi connectivity index (χ3n) is 3.07. The first-order valence-corrected chi connectivity index (χ1v) is 7.92. The molecule has 0 spiro atoms. The molecule has 1 aliphatic rings. The van der Waals surface area contributed by atoms with Crippen LogP contribution in [0.15, 0.2) is 24.3 Å². The van der Waals surface area contributed by atoms with Crippen molar-refractivity contribution in [3.05, 3.63) is 35.4 Å². The summed E-state index contributed by atoms with van der Waals surface area (Å²) in [6.45, 7) is 2.19. The SMILES string of the molecule is Cc1cccc(CS(=O)(=O)NCC2CCC(=O)N2)c1. The van der Waals surface area contributed by atoms with Gasteiger partial charge in [-0.3, -0.25) is 4.79 Å². The zero-order chi connectivity index (χ0) is 13.9. The largest absolute Gasteiger partial charge is 0.352 e. The lowest BCUT2D eigenvalue weighted by molar-refractivity contribution is -0.119. The number of aryl methyl sites for hydroxylation is 1. The van der Waals surface area contributed by atoms with Gasteiger partial charge in [-0.2, -0.15) is 0 Å². The van der Waals surface area contributed by atoms with Crippen LogP contribution in [-0.2, 0) is 20.6 Å². The van der Waals surface area contributed by atoms with E-state index in [-0.39, 0.29) is 24.2 Å². The van der Waals surface area contributed by atoms with Gasteiger partial charge in [-0.25, -0.2) is 13.1 Å². The Hall–Kier alpha value is -1.40. The predicted molar refractivity (Wildman–Crippen MR) is 73.0 cm³/mol. The predicted octanol–water partition coefficient (Wildman–Crippen LogP) is 0.693. The molecule has 1 aliphatic heterocycles. The van der Waals surface area contributed by atoms with Gasteiger partial charge >= 0.3 is 0 Å². The van der Waals surface area contributed by atoms with Crippen molar-refractivity contribution >= 4 is 15.9 Å². The van der Waals surface area contributed by atoms with E-state index in [1.54, 1.807) is 6.07 Å². The molecule has 0 saturated carbocycles. The molecule has 1 fully saturated rings. The number of benzene rings is 1. The van der Waals surface area contributed by atoms with E-state index in [9.17, 15) is 13.2 Å². The highest BCUT2D eigenvalue weighted by atomic mass is 32.2. The van der Waals surface area contributed by atoms with E-state index in [2.05, 4.69) is 10.0 Å². The number of nitrogens with one attached hydrogen (secondary N) is 2. The summed E-state index contributed by atoms with van der Waals surface area (Å²) in [5, 5.41) is 2.73. The molecule has 6 heteroatoms. The molecule has 0 aromatic heterocycles. The van der Waals surface area contributed by atoms with Gasteiger partial charge in [-0.05, 0) is 18.9 Å². The van der Waals surface area contributed by atoms with Crippen LogP contribution >= 0.6 is 0 Å². The average Bonchev–Trinajstić information content (AvgIpc) is 2.72. The zero-order valence-electron chi connectivity index (χ0n) is 10.8. The number of amides is 1. The summed E-state index contributed by atoms with van der Waals surface area (Å²) < 4.78 is 26.4. The van der Waals surface area contributed by atoms with Gasteiger partial charge in [-0.15, -0.1) is 0 Å². The van der Waals surface area contributed by atoms with Gasteiger partial charge in [0.05, 0.1) is 5.75 Å². The van der Waals surface area contributed by atoms with Crippen molar-refractivity contribution in [1.29, 1.82) is 0 Å². The Bertz CT molecular complexity index is 569. The summed E-state index contributed by atoms with van der Waals surface area (Å²) in [7, 11) is -3.36. The lowest BCUT2D eigenvalue weighted by Crippen LogP contribution is -2.38. The fraction of sp³-hybridized carbons (Fsp3) is 0.462. The Morgan fingerprint density at radius 3 is 2.84 bits per heavy atom. The second kappa shape index (κ2) is 5.71. The van der Waals surface area contributed by atoms with E-state index in [1.165, 1.54) is 0 Å². The van der Waals surface area contributed by atoms with Crippen molar-refractivity contribution in [2.45, 2.75) is 31.6 Å². The number of carbonyl (C=O) groups is 1. The molecule has 1 amide bonds. The summed E-state index contributed by atoms with van der Waals surface area (Å²) in [6, 6.07) is 7.34. The molecule has 1 unspecified atom stereocenters. The van der Waals surface area contributed by atoms with E-state index in [4.69, 9.17) is 0 Å². The van der Waals surface area contributed by atoms with Gasteiger partial charge in [0.2, 0.25) is 15.9 Å². The smallest absolute Gasteiger partial charge is 0.220 e. The van der Waals surface area contributed by atoms with Gasteiger partial charge in [-0.1, -0.05) is 29.8 Å². The quantitative estimate of drug-likeness (QED) is 0.834. The third kappa shape index (κ3) is 4.33. The van der Waals surface area contributed by atoms with Gasteiger partial charge in [0.1, 0.15) is 0 Å². The first-order chi connectivity index (χ1) is 8.94. The van der Waals surface area contributed by atoms with Gasteiger partial charge in [0.25, 0.3) is 0 Å². The van der Waals surface area contributed by atoms with E-state index < -0.39 is 10.0 Å². The molecule has 1 aromatic rings. The van der Waals surface area contributed by atoms with Crippen molar-refractivity contribution in [1.82, 2.24) is 10.0 Å². The second-order valence-corrected chi connectivity index (χ2v) is 6.71. The topological polar surface area (TPSA) is 75.3 Å². The Labute approximate surface area is 113 Å². The zero-order valence-corrected chi connectivity index (χ0v) is 11.7. The minimum absolute atomic E-state index is 0.0112. The molecule has 2 rings (SSSR count). The maximum Gasteiger partial charge on any atom is 0.220 e. The Morgan fingerprint density at radius 1 is 1.42 bits per heavy atom. The maximum absolute atomic E-state index is 11.9. The first kappa shape index (κ1) is 14.0. The number of hydrogen-bond acceptors (Lipinski definition) is 3. The van der Waals surface area contributed by atoms with Gasteiger partial charge < -0.3 is 5.32 Å². The highest BCUT2D eigenvalue weighted by Gasteiger charge is 2.22. The average molecular weight is 282 g/mol. The maximum atomic E-state index is 11.9. The minimum Gasteiger partial charge on any atom is -0.352 e. The lowest BCUT2D eigenvalue weighted by atomic mass is 10.2. The molecule has 1 saturated heterocycles. The molecule has 0 aliphatic carbocycles. The standard InChI is InChI=1S/C13H18N2O3S/c1-10-3-2-4-11(7-10)9-19(17,18)14-8-12-5-6-13(16)15-12/h2-4,7,12,14H,5-6,8-9H2,1H3,(H,15,16). The van der Waals surface area contributed by atoms with Gasteiger partial charge in [0, 0.05) is 19.0 Å². The Balaban J connectivity index is 1.90. The molecule has 104 valence electrons. The molecular weight excluding hydrogens is 264 g/mol. The van der Waals surface area contributed by atoms with Crippen molar-refractivity contribution in [2.24, 2.45) is 0 Å². The van der Waals surface area contributed by atoms with Crippen molar-refractivity contribution < 1.29 is 13.2 Å². The van der Waals surface area contributed by atoms with Crippen LogP contribution in [0.4, 0.5) is 0 Å². The molecule has 1 heterocycles. The van der Waals surface area contributed by atoms with Crippen LogP contribution in [0.2, 0.25) is 0 Å². The van der Waals surface area contributed by atoms with Crippen LogP contribution in [0, 0.1) is 6.92 Å². The Morgan fingerprint density at radius 2 is 2.21 bits per heavy atom. The summed E-state index contributed by atoms with van der Waals surface area (Å²) in [5.74, 6) is -0.0436. The van der Waals surface area contributed by atoms with E-state index in [0.717, 1.165) is 11.1 Å². The Kier molecular flexibility index (Phi) is 4.21. The molecule has 2 N–H and O–H groups in total. The number of hydrogen-bond donors (Lipinski definition) is 2. The van der Waals surface area contributed by atoms with E-state index in [0.29, 0.717) is 12.8 Å². The lowest BCUT2D eigenvalue weighted by Gasteiger charge is -2.12. The molecule has 19 heavy (non-hydrogen) atoms. The number of carbonyl (C=O) groups excluding carboxylic acids is 1. The first-order valence-electron chi connectivity index (χ1n) is 6.27.